The zero-order chi connectivity index (χ0) is 18.7. The molecule has 0 atom stereocenters. The summed E-state index contributed by atoms with van der Waals surface area (Å²) in [5.74, 6) is -1.91. The Labute approximate surface area is 160 Å². The van der Waals surface area contributed by atoms with Crippen LogP contribution in [0.25, 0.3) is 11.1 Å². The molecule has 0 radical (unpaired) electrons. The first-order valence-corrected chi connectivity index (χ1v) is 8.38. The number of hydrogen-bond donors (Lipinski definition) is 1. The van der Waals surface area contributed by atoms with Gasteiger partial charge in [0.05, 0.1) is 11.7 Å². The summed E-state index contributed by atoms with van der Waals surface area (Å²) in [6, 6.07) is 18.4. The number of hydrogen-bond acceptors (Lipinski definition) is 3. The normalized spacial score (nSPS) is 10.4. The van der Waals surface area contributed by atoms with Gasteiger partial charge in [-0.1, -0.05) is 59.6 Å². The fourth-order valence-corrected chi connectivity index (χ4v) is 3.04. The second-order valence-corrected chi connectivity index (χ2v) is 6.40. The highest BCUT2D eigenvalue weighted by Crippen LogP contribution is 2.26. The number of carbonyl (C=O) groups excluding carboxylic acids is 2. The average molecular weight is 385 g/mol. The minimum Gasteiger partial charge on any atom is -0.545 e. The second-order valence-electron chi connectivity index (χ2n) is 5.53. The molecule has 130 valence electrons. The van der Waals surface area contributed by atoms with Gasteiger partial charge in [0.15, 0.2) is 0 Å². The van der Waals surface area contributed by atoms with E-state index < -0.39 is 11.9 Å². The van der Waals surface area contributed by atoms with Crippen LogP contribution in [0.4, 0.5) is 5.69 Å². The van der Waals surface area contributed by atoms with E-state index in [4.69, 9.17) is 23.2 Å². The highest BCUT2D eigenvalue weighted by molar-refractivity contribution is 6.35. The lowest BCUT2D eigenvalue weighted by molar-refractivity contribution is -0.254. The van der Waals surface area contributed by atoms with Gasteiger partial charge in [0.1, 0.15) is 0 Å². The van der Waals surface area contributed by atoms with Gasteiger partial charge in [-0.15, -0.1) is 0 Å². The summed E-state index contributed by atoms with van der Waals surface area (Å²) in [6.45, 7) is 0. The van der Waals surface area contributed by atoms with Crippen LogP contribution in [-0.2, 0) is 0 Å². The highest BCUT2D eigenvalue weighted by atomic mass is 35.5. The fraction of sp³-hybridized carbons (Fsp3) is 0. The summed E-state index contributed by atoms with van der Waals surface area (Å²) in [5.41, 5.74) is 1.79. The van der Waals surface area contributed by atoms with Gasteiger partial charge in [0.25, 0.3) is 5.91 Å². The Balaban J connectivity index is 1.94. The number of aromatic carboxylic acids is 1. The van der Waals surface area contributed by atoms with Crippen molar-refractivity contribution in [3.63, 3.8) is 0 Å². The van der Waals surface area contributed by atoms with Gasteiger partial charge in [-0.3, -0.25) is 4.79 Å². The van der Waals surface area contributed by atoms with Crippen molar-refractivity contribution in [3.05, 3.63) is 87.9 Å². The molecule has 0 aliphatic heterocycles. The Morgan fingerprint density at radius 2 is 1.46 bits per heavy atom. The van der Waals surface area contributed by atoms with E-state index in [0.29, 0.717) is 15.6 Å². The number of carbonyl (C=O) groups is 2. The molecular formula is C20H12Cl2NO3-. The Morgan fingerprint density at radius 1 is 0.808 bits per heavy atom. The van der Waals surface area contributed by atoms with Crippen LogP contribution in [0.1, 0.15) is 20.7 Å². The van der Waals surface area contributed by atoms with E-state index in [-0.39, 0.29) is 16.8 Å². The van der Waals surface area contributed by atoms with Crippen LogP contribution < -0.4 is 10.4 Å². The van der Waals surface area contributed by atoms with E-state index >= 15 is 0 Å². The van der Waals surface area contributed by atoms with Gasteiger partial charge in [-0.05, 0) is 41.5 Å². The smallest absolute Gasteiger partial charge is 0.255 e. The molecule has 0 saturated heterocycles. The molecule has 0 spiro atoms. The Hall–Kier alpha value is -2.82. The summed E-state index contributed by atoms with van der Waals surface area (Å²) >= 11 is 11.8. The van der Waals surface area contributed by atoms with Crippen LogP contribution in [0.5, 0.6) is 0 Å². The summed E-state index contributed by atoms with van der Waals surface area (Å²) in [5, 5.41) is 14.7. The average Bonchev–Trinajstić information content (AvgIpc) is 2.61. The summed E-state index contributed by atoms with van der Waals surface area (Å²) in [7, 11) is 0. The zero-order valence-corrected chi connectivity index (χ0v) is 14.8. The van der Waals surface area contributed by atoms with Crippen LogP contribution in [-0.4, -0.2) is 11.9 Å². The highest BCUT2D eigenvalue weighted by Gasteiger charge is 2.12. The largest absolute Gasteiger partial charge is 0.545 e. The summed E-state index contributed by atoms with van der Waals surface area (Å²) in [4.78, 5) is 23.9. The maximum atomic E-state index is 12.4. The van der Waals surface area contributed by atoms with E-state index in [1.54, 1.807) is 6.07 Å². The van der Waals surface area contributed by atoms with Gasteiger partial charge >= 0.3 is 0 Å². The van der Waals surface area contributed by atoms with Crippen LogP contribution in [0, 0.1) is 0 Å². The molecule has 1 N–H and O–H groups in total. The third-order valence-electron chi connectivity index (χ3n) is 3.72. The first-order chi connectivity index (χ1) is 12.4. The van der Waals surface area contributed by atoms with E-state index in [1.807, 2.05) is 30.3 Å². The Morgan fingerprint density at radius 3 is 2.08 bits per heavy atom. The number of amides is 1. The number of halogens is 2. The number of benzene rings is 3. The number of rotatable bonds is 4. The van der Waals surface area contributed by atoms with Crippen LogP contribution >= 0.6 is 23.2 Å². The first kappa shape index (κ1) is 18.0. The molecule has 0 heterocycles. The minimum absolute atomic E-state index is 0.118. The van der Waals surface area contributed by atoms with E-state index in [1.165, 1.54) is 30.3 Å². The molecule has 0 aliphatic rings. The van der Waals surface area contributed by atoms with E-state index in [0.717, 1.165) is 5.56 Å². The second kappa shape index (κ2) is 7.60. The van der Waals surface area contributed by atoms with Crippen LogP contribution in [0.3, 0.4) is 0 Å². The minimum atomic E-state index is -1.39. The number of nitrogens with one attached hydrogen (secondary N) is 1. The third-order valence-corrected chi connectivity index (χ3v) is 4.16. The molecule has 3 aromatic carbocycles. The SMILES string of the molecule is O=C(Nc1ccc(-c2ccccc2)cc1C(=O)[O-])c1cc(Cl)cc(Cl)c1. The van der Waals surface area contributed by atoms with Gasteiger partial charge in [0.2, 0.25) is 0 Å². The standard InChI is InChI=1S/C20H13Cl2NO3/c21-15-8-14(9-16(22)11-15)19(24)23-18-7-6-13(10-17(18)20(25)26)12-4-2-1-3-5-12/h1-11H,(H,23,24)(H,25,26)/p-1. The lowest BCUT2D eigenvalue weighted by Gasteiger charge is -2.14. The molecular weight excluding hydrogens is 373 g/mol. The quantitative estimate of drug-likeness (QED) is 0.729. The van der Waals surface area contributed by atoms with Gasteiger partial charge in [-0.25, -0.2) is 0 Å². The molecule has 6 heteroatoms. The molecule has 0 aromatic heterocycles. The van der Waals surface area contributed by atoms with E-state index in [9.17, 15) is 14.7 Å². The maximum Gasteiger partial charge on any atom is 0.255 e. The predicted octanol–water partition coefficient (Wildman–Crippen LogP) is 4.28. The van der Waals surface area contributed by atoms with Crippen molar-refractivity contribution >= 4 is 40.8 Å². The number of carboxylic acid groups (broad SMARTS) is 1. The van der Waals surface area contributed by atoms with Crippen molar-refractivity contribution in [2.75, 3.05) is 5.32 Å². The van der Waals surface area contributed by atoms with Crippen LogP contribution in [0.15, 0.2) is 66.7 Å². The third kappa shape index (κ3) is 4.04. The molecule has 3 aromatic rings. The van der Waals surface area contributed by atoms with Crippen molar-refractivity contribution in [3.8, 4) is 11.1 Å². The zero-order valence-electron chi connectivity index (χ0n) is 13.3. The van der Waals surface area contributed by atoms with Crippen molar-refractivity contribution < 1.29 is 14.7 Å². The lowest BCUT2D eigenvalue weighted by atomic mass is 10.0. The van der Waals surface area contributed by atoms with Crippen molar-refractivity contribution in [2.45, 2.75) is 0 Å². The molecule has 0 saturated carbocycles. The van der Waals surface area contributed by atoms with E-state index in [2.05, 4.69) is 5.32 Å². The lowest BCUT2D eigenvalue weighted by Crippen LogP contribution is -2.25. The van der Waals surface area contributed by atoms with Gasteiger partial charge < -0.3 is 15.2 Å². The summed E-state index contributed by atoms with van der Waals surface area (Å²) in [6.07, 6.45) is 0. The van der Waals surface area contributed by atoms with Crippen molar-refractivity contribution in [2.24, 2.45) is 0 Å². The summed E-state index contributed by atoms with van der Waals surface area (Å²) < 4.78 is 0. The van der Waals surface area contributed by atoms with Crippen LogP contribution in [0.2, 0.25) is 10.0 Å². The number of anilines is 1. The monoisotopic (exact) mass is 384 g/mol. The molecule has 3 rings (SSSR count). The molecule has 0 bridgehead atoms. The topological polar surface area (TPSA) is 69.2 Å². The Bertz CT molecular complexity index is 967. The molecule has 4 nitrogen and oxygen atoms in total. The molecule has 0 fully saturated rings. The molecule has 1 amide bonds. The fourth-order valence-electron chi connectivity index (χ4n) is 2.51. The van der Waals surface area contributed by atoms with Gasteiger partial charge in [0, 0.05) is 21.2 Å². The maximum absolute atomic E-state index is 12.4. The number of carboxylic acids is 1. The molecule has 0 aliphatic carbocycles. The Kier molecular flexibility index (Phi) is 5.26. The van der Waals surface area contributed by atoms with Crippen molar-refractivity contribution in [1.82, 2.24) is 0 Å². The molecule has 26 heavy (non-hydrogen) atoms. The van der Waals surface area contributed by atoms with Crippen molar-refractivity contribution in [1.29, 1.82) is 0 Å². The first-order valence-electron chi connectivity index (χ1n) is 7.62. The molecule has 0 unspecified atom stereocenters. The van der Waals surface area contributed by atoms with Gasteiger partial charge in [-0.2, -0.15) is 0 Å². The predicted molar refractivity (Wildman–Crippen MR) is 101 cm³/mol.